The van der Waals surface area contributed by atoms with Crippen LogP contribution in [0.3, 0.4) is 0 Å². The highest BCUT2D eigenvalue weighted by molar-refractivity contribution is 6.35. The van der Waals surface area contributed by atoms with Crippen molar-refractivity contribution in [3.05, 3.63) is 71.5 Å². The second kappa shape index (κ2) is 6.46. The number of Topliss-reactive ketones (excluding diaryl/α,β-unsaturated/α-hetero) is 1. The zero-order valence-electron chi connectivity index (χ0n) is 15.5. The number of aromatic nitrogens is 4. The van der Waals surface area contributed by atoms with E-state index in [1.807, 2.05) is 47.0 Å². The SMILES string of the molecule is CC(=O)c1ccc(-c2nc(-c3cc4cccc(Cl)c4[nH]3)c3c(N)nccn23)cc1. The molecule has 142 valence electrons. The first kappa shape index (κ1) is 17.5. The summed E-state index contributed by atoms with van der Waals surface area (Å²) < 4.78 is 1.91. The van der Waals surface area contributed by atoms with Gasteiger partial charge in [0.25, 0.3) is 0 Å². The molecule has 0 aliphatic heterocycles. The van der Waals surface area contributed by atoms with Gasteiger partial charge >= 0.3 is 0 Å². The van der Waals surface area contributed by atoms with Gasteiger partial charge in [0.1, 0.15) is 22.9 Å². The zero-order valence-corrected chi connectivity index (χ0v) is 16.2. The van der Waals surface area contributed by atoms with Gasteiger partial charge in [0.2, 0.25) is 0 Å². The van der Waals surface area contributed by atoms with Gasteiger partial charge in [-0.15, -0.1) is 0 Å². The minimum atomic E-state index is 0.0219. The molecule has 6 nitrogen and oxygen atoms in total. The molecule has 3 aromatic heterocycles. The fourth-order valence-electron chi connectivity index (χ4n) is 3.56. The molecule has 29 heavy (non-hydrogen) atoms. The van der Waals surface area contributed by atoms with Crippen molar-refractivity contribution in [2.75, 3.05) is 5.73 Å². The number of hydrogen-bond acceptors (Lipinski definition) is 4. The van der Waals surface area contributed by atoms with E-state index < -0.39 is 0 Å². The van der Waals surface area contributed by atoms with Gasteiger partial charge in [-0.05, 0) is 19.1 Å². The Kier molecular flexibility index (Phi) is 3.89. The summed E-state index contributed by atoms with van der Waals surface area (Å²) in [5, 5.41) is 1.63. The monoisotopic (exact) mass is 401 g/mol. The van der Waals surface area contributed by atoms with Crippen LogP contribution >= 0.6 is 11.6 Å². The summed E-state index contributed by atoms with van der Waals surface area (Å²) in [6.45, 7) is 1.55. The number of nitrogen functional groups attached to an aromatic ring is 1. The highest BCUT2D eigenvalue weighted by atomic mass is 35.5. The van der Waals surface area contributed by atoms with Crippen molar-refractivity contribution in [2.24, 2.45) is 0 Å². The van der Waals surface area contributed by atoms with Crippen LogP contribution in [0.1, 0.15) is 17.3 Å². The van der Waals surface area contributed by atoms with Gasteiger partial charge in [-0.1, -0.05) is 48.0 Å². The molecule has 5 aromatic rings. The van der Waals surface area contributed by atoms with Crippen LogP contribution in [0, 0.1) is 0 Å². The van der Waals surface area contributed by atoms with Crippen LogP contribution in [0.2, 0.25) is 5.02 Å². The molecule has 7 heteroatoms. The lowest BCUT2D eigenvalue weighted by Gasteiger charge is -2.03. The molecule has 2 aromatic carbocycles. The predicted octanol–water partition coefficient (Wildman–Crippen LogP) is 4.98. The van der Waals surface area contributed by atoms with Crippen molar-refractivity contribution in [3.8, 4) is 22.8 Å². The standard InChI is InChI=1S/C22H16ClN5O/c1-12(29)13-5-7-14(8-6-13)22-27-19(20-21(24)25-9-10-28(20)22)17-11-15-3-2-4-16(23)18(15)26-17/h2-11,26H,1H3,(H2,24,25). The Bertz CT molecular complexity index is 1400. The van der Waals surface area contributed by atoms with Gasteiger partial charge in [0, 0.05) is 28.9 Å². The topological polar surface area (TPSA) is 89.1 Å². The average molecular weight is 402 g/mol. The number of benzene rings is 2. The molecule has 0 aliphatic rings. The number of hydrogen-bond donors (Lipinski definition) is 2. The van der Waals surface area contributed by atoms with Gasteiger partial charge in [-0.25, -0.2) is 9.97 Å². The lowest BCUT2D eigenvalue weighted by Crippen LogP contribution is -1.97. The number of carbonyl (C=O) groups is 1. The number of para-hydroxylation sites is 1. The van der Waals surface area contributed by atoms with Crippen molar-refractivity contribution in [1.29, 1.82) is 0 Å². The summed E-state index contributed by atoms with van der Waals surface area (Å²) in [7, 11) is 0. The molecule has 0 bridgehead atoms. The summed E-state index contributed by atoms with van der Waals surface area (Å²) in [4.78, 5) is 24.1. The number of anilines is 1. The number of carbonyl (C=O) groups excluding carboxylic acids is 1. The summed E-state index contributed by atoms with van der Waals surface area (Å²) in [5.41, 5.74) is 10.8. The molecule has 0 amide bonds. The van der Waals surface area contributed by atoms with E-state index in [4.69, 9.17) is 22.3 Å². The molecule has 0 fully saturated rings. The molecule has 0 saturated heterocycles. The van der Waals surface area contributed by atoms with Crippen LogP contribution in [-0.4, -0.2) is 25.1 Å². The number of fused-ring (bicyclic) bond motifs is 2. The third kappa shape index (κ3) is 2.77. The number of aromatic amines is 1. The van der Waals surface area contributed by atoms with Gasteiger partial charge in [0.05, 0.1) is 16.2 Å². The number of H-pyrrole nitrogens is 1. The van der Waals surface area contributed by atoms with E-state index in [2.05, 4.69) is 9.97 Å². The Morgan fingerprint density at radius 2 is 1.97 bits per heavy atom. The Balaban J connectivity index is 1.76. The number of ketones is 1. The predicted molar refractivity (Wildman–Crippen MR) is 115 cm³/mol. The molecule has 0 atom stereocenters. The van der Waals surface area contributed by atoms with Crippen molar-refractivity contribution in [3.63, 3.8) is 0 Å². The minimum absolute atomic E-state index is 0.0219. The third-order valence-electron chi connectivity index (χ3n) is 4.99. The zero-order chi connectivity index (χ0) is 20.1. The summed E-state index contributed by atoms with van der Waals surface area (Å²) in [5.74, 6) is 1.11. The molecule has 5 rings (SSSR count). The summed E-state index contributed by atoms with van der Waals surface area (Å²) in [6, 6.07) is 15.1. The Morgan fingerprint density at radius 3 is 2.69 bits per heavy atom. The first-order chi connectivity index (χ1) is 14.0. The van der Waals surface area contributed by atoms with Crippen LogP contribution < -0.4 is 5.73 Å². The van der Waals surface area contributed by atoms with Gasteiger partial charge in [-0.3, -0.25) is 9.20 Å². The second-order valence-electron chi connectivity index (χ2n) is 6.84. The van der Waals surface area contributed by atoms with Crippen molar-refractivity contribution in [2.45, 2.75) is 6.92 Å². The van der Waals surface area contributed by atoms with Gasteiger partial charge in [-0.2, -0.15) is 0 Å². The molecule has 0 radical (unpaired) electrons. The fourth-order valence-corrected chi connectivity index (χ4v) is 3.79. The molecule has 0 spiro atoms. The molecular weight excluding hydrogens is 386 g/mol. The Morgan fingerprint density at radius 1 is 1.17 bits per heavy atom. The molecular formula is C22H16ClN5O. The molecule has 3 heterocycles. The minimum Gasteiger partial charge on any atom is -0.382 e. The number of nitrogens with zero attached hydrogens (tertiary/aromatic N) is 3. The number of nitrogens with one attached hydrogen (secondary N) is 1. The summed E-state index contributed by atoms with van der Waals surface area (Å²) in [6.07, 6.45) is 3.47. The van der Waals surface area contributed by atoms with Crippen molar-refractivity contribution < 1.29 is 4.79 Å². The summed E-state index contributed by atoms with van der Waals surface area (Å²) >= 11 is 6.33. The normalized spacial score (nSPS) is 11.4. The lowest BCUT2D eigenvalue weighted by atomic mass is 10.1. The maximum Gasteiger partial charge on any atom is 0.159 e. The quantitative estimate of drug-likeness (QED) is 0.417. The van der Waals surface area contributed by atoms with Crippen molar-refractivity contribution in [1.82, 2.24) is 19.4 Å². The Hall–Kier alpha value is -3.64. The molecule has 0 aliphatic carbocycles. The first-order valence-electron chi connectivity index (χ1n) is 9.04. The number of rotatable bonds is 3. The van der Waals surface area contributed by atoms with Crippen LogP contribution in [0.15, 0.2) is 60.9 Å². The molecule has 3 N–H and O–H groups in total. The number of halogens is 1. The lowest BCUT2D eigenvalue weighted by molar-refractivity contribution is 0.101. The van der Waals surface area contributed by atoms with Crippen LogP contribution in [0.25, 0.3) is 39.2 Å². The van der Waals surface area contributed by atoms with E-state index in [-0.39, 0.29) is 5.78 Å². The maximum atomic E-state index is 11.6. The third-order valence-corrected chi connectivity index (χ3v) is 5.31. The van der Waals surface area contributed by atoms with Gasteiger partial charge < -0.3 is 10.7 Å². The first-order valence-corrected chi connectivity index (χ1v) is 9.42. The van der Waals surface area contributed by atoms with Crippen LogP contribution in [-0.2, 0) is 0 Å². The van der Waals surface area contributed by atoms with Crippen LogP contribution in [0.4, 0.5) is 5.82 Å². The van der Waals surface area contributed by atoms with E-state index in [1.165, 1.54) is 0 Å². The van der Waals surface area contributed by atoms with Crippen molar-refractivity contribution >= 4 is 39.6 Å². The number of nitrogens with two attached hydrogens (primary N) is 1. The average Bonchev–Trinajstić information content (AvgIpc) is 3.31. The van der Waals surface area contributed by atoms with E-state index in [0.29, 0.717) is 33.4 Å². The van der Waals surface area contributed by atoms with E-state index in [9.17, 15) is 4.79 Å². The Labute approximate surface area is 171 Å². The van der Waals surface area contributed by atoms with Crippen LogP contribution in [0.5, 0.6) is 0 Å². The van der Waals surface area contributed by atoms with E-state index in [0.717, 1.165) is 22.2 Å². The van der Waals surface area contributed by atoms with E-state index in [1.54, 1.807) is 25.3 Å². The second-order valence-corrected chi connectivity index (χ2v) is 7.24. The fraction of sp³-hybridized carbons (Fsp3) is 0.0455. The van der Waals surface area contributed by atoms with E-state index >= 15 is 0 Å². The molecule has 0 unspecified atom stereocenters. The maximum absolute atomic E-state index is 11.6. The highest BCUT2D eigenvalue weighted by Gasteiger charge is 2.19. The largest absolute Gasteiger partial charge is 0.382 e. The molecule has 0 saturated carbocycles. The highest BCUT2D eigenvalue weighted by Crippen LogP contribution is 2.34. The van der Waals surface area contributed by atoms with Gasteiger partial charge in [0.15, 0.2) is 5.78 Å². The smallest absolute Gasteiger partial charge is 0.159 e. The number of imidazole rings is 1.